The SMILES string of the molecule is COC(CC(N)O)OC. The van der Waals surface area contributed by atoms with Crippen molar-refractivity contribution in [2.24, 2.45) is 5.73 Å². The summed E-state index contributed by atoms with van der Waals surface area (Å²) in [4.78, 5) is 0. The second-order valence-electron chi connectivity index (χ2n) is 1.70. The molecule has 1 unspecified atom stereocenters. The molecule has 0 spiro atoms. The molecule has 0 heterocycles. The van der Waals surface area contributed by atoms with Crippen molar-refractivity contribution in [3.05, 3.63) is 0 Å². The molecule has 0 aromatic carbocycles. The highest BCUT2D eigenvalue weighted by Gasteiger charge is 2.07. The van der Waals surface area contributed by atoms with Crippen LogP contribution < -0.4 is 5.73 Å². The molecule has 0 radical (unpaired) electrons. The van der Waals surface area contributed by atoms with Gasteiger partial charge in [0.05, 0.1) is 0 Å². The number of rotatable bonds is 4. The molecule has 3 N–H and O–H groups in total. The molecule has 9 heavy (non-hydrogen) atoms. The second-order valence-corrected chi connectivity index (χ2v) is 1.70. The van der Waals surface area contributed by atoms with E-state index in [-0.39, 0.29) is 0 Å². The van der Waals surface area contributed by atoms with Crippen molar-refractivity contribution in [3.8, 4) is 0 Å². The van der Waals surface area contributed by atoms with Crippen LogP contribution in [0.15, 0.2) is 0 Å². The van der Waals surface area contributed by atoms with E-state index >= 15 is 0 Å². The topological polar surface area (TPSA) is 64.7 Å². The Bertz CT molecular complexity index is 63.2. The largest absolute Gasteiger partial charge is 0.379 e. The maximum atomic E-state index is 8.60. The maximum absolute atomic E-state index is 8.60. The molecule has 0 saturated heterocycles. The summed E-state index contributed by atoms with van der Waals surface area (Å²) < 4.78 is 9.50. The van der Waals surface area contributed by atoms with E-state index in [1.165, 1.54) is 14.2 Å². The first-order chi connectivity index (χ1) is 4.20. The average molecular weight is 135 g/mol. The molecule has 0 saturated carbocycles. The van der Waals surface area contributed by atoms with Gasteiger partial charge in [-0.1, -0.05) is 0 Å². The van der Waals surface area contributed by atoms with Crippen LogP contribution in [0.4, 0.5) is 0 Å². The zero-order valence-electron chi connectivity index (χ0n) is 5.70. The van der Waals surface area contributed by atoms with Crippen molar-refractivity contribution in [1.82, 2.24) is 0 Å². The molecule has 56 valence electrons. The van der Waals surface area contributed by atoms with Crippen LogP contribution in [0, 0.1) is 0 Å². The van der Waals surface area contributed by atoms with E-state index in [1.807, 2.05) is 0 Å². The zero-order valence-corrected chi connectivity index (χ0v) is 5.70. The standard InChI is InChI=1S/C5H13NO3/c1-8-5(9-2)3-4(6)7/h4-5,7H,3,6H2,1-2H3. The van der Waals surface area contributed by atoms with Crippen LogP contribution >= 0.6 is 0 Å². The molecule has 0 aromatic rings. The third-order valence-electron chi connectivity index (χ3n) is 0.960. The van der Waals surface area contributed by atoms with Gasteiger partial charge in [-0.3, -0.25) is 0 Å². The van der Waals surface area contributed by atoms with Crippen molar-refractivity contribution in [1.29, 1.82) is 0 Å². The van der Waals surface area contributed by atoms with Crippen molar-refractivity contribution in [2.45, 2.75) is 18.9 Å². The van der Waals surface area contributed by atoms with Gasteiger partial charge in [-0.25, -0.2) is 0 Å². The Morgan fingerprint density at radius 2 is 1.89 bits per heavy atom. The van der Waals surface area contributed by atoms with Gasteiger partial charge in [0, 0.05) is 20.6 Å². The molecule has 0 amide bonds. The Morgan fingerprint density at radius 1 is 1.44 bits per heavy atom. The lowest BCUT2D eigenvalue weighted by molar-refractivity contribution is -0.121. The van der Waals surface area contributed by atoms with Gasteiger partial charge in [0.25, 0.3) is 0 Å². The summed E-state index contributed by atoms with van der Waals surface area (Å²) in [7, 11) is 2.99. The number of aliphatic hydroxyl groups excluding tert-OH is 1. The minimum atomic E-state index is -0.866. The summed E-state index contributed by atoms with van der Waals surface area (Å²) in [5.74, 6) is 0. The number of aliphatic hydroxyl groups is 1. The third kappa shape index (κ3) is 4.35. The quantitative estimate of drug-likeness (QED) is 0.499. The van der Waals surface area contributed by atoms with Crippen LogP contribution in [0.5, 0.6) is 0 Å². The third-order valence-corrected chi connectivity index (χ3v) is 0.960. The van der Waals surface area contributed by atoms with Gasteiger partial charge in [-0.2, -0.15) is 0 Å². The van der Waals surface area contributed by atoms with Gasteiger partial charge in [0.2, 0.25) is 0 Å². The van der Waals surface area contributed by atoms with E-state index in [2.05, 4.69) is 0 Å². The Morgan fingerprint density at radius 3 is 2.00 bits per heavy atom. The number of ether oxygens (including phenoxy) is 2. The zero-order chi connectivity index (χ0) is 7.28. The normalized spacial score (nSPS) is 14.3. The monoisotopic (exact) mass is 135 g/mol. The molecule has 0 bridgehead atoms. The first kappa shape index (κ1) is 8.84. The minimum Gasteiger partial charge on any atom is -0.379 e. The molecular formula is C5H13NO3. The molecule has 0 aliphatic rings. The second kappa shape index (κ2) is 4.69. The van der Waals surface area contributed by atoms with Crippen LogP contribution in [0.2, 0.25) is 0 Å². The molecule has 4 heteroatoms. The van der Waals surface area contributed by atoms with Crippen LogP contribution in [0.25, 0.3) is 0 Å². The highest BCUT2D eigenvalue weighted by atomic mass is 16.7. The highest BCUT2D eigenvalue weighted by molar-refractivity contribution is 4.47. The van der Waals surface area contributed by atoms with E-state index in [4.69, 9.17) is 20.3 Å². The van der Waals surface area contributed by atoms with Crippen molar-refractivity contribution in [3.63, 3.8) is 0 Å². The summed E-state index contributed by atoms with van der Waals surface area (Å²) in [5.41, 5.74) is 5.04. The lowest BCUT2D eigenvalue weighted by atomic mass is 10.4. The molecule has 4 nitrogen and oxygen atoms in total. The summed E-state index contributed by atoms with van der Waals surface area (Å²) in [6.07, 6.45) is -0.965. The first-order valence-electron chi connectivity index (χ1n) is 2.70. The van der Waals surface area contributed by atoms with Crippen LogP contribution in [-0.4, -0.2) is 31.8 Å². The fourth-order valence-electron chi connectivity index (χ4n) is 0.486. The van der Waals surface area contributed by atoms with Gasteiger partial charge < -0.3 is 20.3 Å². The van der Waals surface area contributed by atoms with Crippen molar-refractivity contribution >= 4 is 0 Å². The highest BCUT2D eigenvalue weighted by Crippen LogP contribution is 1.97. The molecule has 0 fully saturated rings. The summed E-state index contributed by atoms with van der Waals surface area (Å²) in [6, 6.07) is 0. The molecule has 0 aliphatic heterocycles. The number of nitrogens with two attached hydrogens (primary N) is 1. The van der Waals surface area contributed by atoms with E-state index in [0.717, 1.165) is 0 Å². The molecule has 0 aromatic heterocycles. The molecule has 0 aliphatic carbocycles. The Hall–Kier alpha value is -0.160. The van der Waals surface area contributed by atoms with Crippen LogP contribution in [0.3, 0.4) is 0 Å². The van der Waals surface area contributed by atoms with Gasteiger partial charge in [-0.15, -0.1) is 0 Å². The van der Waals surface area contributed by atoms with Gasteiger partial charge in [-0.05, 0) is 0 Å². The van der Waals surface area contributed by atoms with Gasteiger partial charge >= 0.3 is 0 Å². The maximum Gasteiger partial charge on any atom is 0.160 e. The molecule has 1 atom stereocenters. The number of hydrogen-bond acceptors (Lipinski definition) is 4. The predicted molar refractivity (Wildman–Crippen MR) is 32.6 cm³/mol. The lowest BCUT2D eigenvalue weighted by Gasteiger charge is -2.13. The summed E-state index contributed by atoms with van der Waals surface area (Å²) in [6.45, 7) is 0. The minimum absolute atomic E-state index is 0.299. The smallest absolute Gasteiger partial charge is 0.160 e. The molecule has 0 rings (SSSR count). The number of hydrogen-bond donors (Lipinski definition) is 2. The van der Waals surface area contributed by atoms with Gasteiger partial charge in [0.1, 0.15) is 6.23 Å². The molecular weight excluding hydrogens is 122 g/mol. The lowest BCUT2D eigenvalue weighted by Crippen LogP contribution is -2.27. The Labute approximate surface area is 54.6 Å². The average Bonchev–Trinajstić information content (AvgIpc) is 1.82. The Kier molecular flexibility index (Phi) is 4.61. The van der Waals surface area contributed by atoms with E-state index < -0.39 is 12.5 Å². The fourth-order valence-corrected chi connectivity index (χ4v) is 0.486. The van der Waals surface area contributed by atoms with Crippen molar-refractivity contribution < 1.29 is 14.6 Å². The van der Waals surface area contributed by atoms with Crippen molar-refractivity contribution in [2.75, 3.05) is 14.2 Å². The predicted octanol–water partition coefficient (Wildman–Crippen LogP) is -0.728. The van der Waals surface area contributed by atoms with E-state index in [1.54, 1.807) is 0 Å². The summed E-state index contributed by atoms with van der Waals surface area (Å²) >= 11 is 0. The van der Waals surface area contributed by atoms with E-state index in [9.17, 15) is 0 Å². The Balaban J connectivity index is 3.31. The first-order valence-corrected chi connectivity index (χ1v) is 2.70. The van der Waals surface area contributed by atoms with Crippen LogP contribution in [-0.2, 0) is 9.47 Å². The van der Waals surface area contributed by atoms with Gasteiger partial charge in [0.15, 0.2) is 6.29 Å². The van der Waals surface area contributed by atoms with E-state index in [0.29, 0.717) is 6.42 Å². The fraction of sp³-hybridized carbons (Fsp3) is 1.00. The number of methoxy groups -OCH3 is 2. The summed E-state index contributed by atoms with van der Waals surface area (Å²) in [5, 5.41) is 8.60. The van der Waals surface area contributed by atoms with Crippen LogP contribution in [0.1, 0.15) is 6.42 Å².